The van der Waals surface area contributed by atoms with Crippen LogP contribution in [0.1, 0.15) is 38.5 Å². The van der Waals surface area contributed by atoms with Crippen LogP contribution < -0.4 is 5.32 Å². The highest BCUT2D eigenvalue weighted by Gasteiger charge is 2.44. The number of nitrogens with zero attached hydrogens (tertiary/aromatic N) is 2. The molecule has 0 aromatic carbocycles. The molecular weight excluding hydrogens is 286 g/mol. The molecule has 0 unspecified atom stereocenters. The van der Waals surface area contributed by atoms with Gasteiger partial charge in [0.25, 0.3) is 0 Å². The Kier molecular flexibility index (Phi) is 4.13. The minimum absolute atomic E-state index is 0.0136. The molecule has 2 saturated heterocycles. The van der Waals surface area contributed by atoms with Crippen LogP contribution in [-0.2, 0) is 4.74 Å². The fourth-order valence-electron chi connectivity index (χ4n) is 3.65. The number of hydrogen-bond acceptors (Lipinski definition) is 6. The predicted molar refractivity (Wildman–Crippen MR) is 84.5 cm³/mol. The lowest BCUT2D eigenvalue weighted by Gasteiger charge is -2.35. The molecule has 1 aliphatic carbocycles. The van der Waals surface area contributed by atoms with Gasteiger partial charge in [-0.05, 0) is 19.3 Å². The maximum absolute atomic E-state index is 10.4. The van der Waals surface area contributed by atoms with Crippen LogP contribution in [0.2, 0.25) is 0 Å². The van der Waals surface area contributed by atoms with E-state index in [-0.39, 0.29) is 23.7 Å². The summed E-state index contributed by atoms with van der Waals surface area (Å²) in [5.74, 6) is 0. The lowest BCUT2D eigenvalue weighted by atomic mass is 10.0. The third-order valence-electron chi connectivity index (χ3n) is 5.10. The van der Waals surface area contributed by atoms with Crippen molar-refractivity contribution >= 4 is 16.9 Å². The summed E-state index contributed by atoms with van der Waals surface area (Å²) in [6.07, 6.45) is 7.01. The molecule has 1 saturated carbocycles. The van der Waals surface area contributed by atoms with Crippen molar-refractivity contribution in [2.45, 2.75) is 68.3 Å². The van der Waals surface area contributed by atoms with Crippen molar-refractivity contribution in [2.75, 3.05) is 19.6 Å². The molecule has 4 rings (SSSR count). The van der Waals surface area contributed by atoms with Crippen molar-refractivity contribution in [1.29, 1.82) is 0 Å². The number of nitrogens with one attached hydrogen (secondary N) is 1. The summed E-state index contributed by atoms with van der Waals surface area (Å²) >= 11 is 1.71. The highest BCUT2D eigenvalue weighted by molar-refractivity contribution is 8.14. The number of hydrogen-bond donors (Lipinski definition) is 2. The average molecular weight is 311 g/mol. The van der Waals surface area contributed by atoms with Crippen LogP contribution in [0.3, 0.4) is 0 Å². The molecule has 5 nitrogen and oxygen atoms in total. The summed E-state index contributed by atoms with van der Waals surface area (Å²) in [5.41, 5.74) is 0.0136. The number of aliphatic hydroxyl groups excluding tert-OH is 1. The van der Waals surface area contributed by atoms with Crippen molar-refractivity contribution in [3.8, 4) is 0 Å². The average Bonchev–Trinajstić information content (AvgIpc) is 3.03. The van der Waals surface area contributed by atoms with E-state index < -0.39 is 0 Å². The second kappa shape index (κ2) is 6.07. The van der Waals surface area contributed by atoms with Gasteiger partial charge < -0.3 is 20.1 Å². The highest BCUT2D eigenvalue weighted by atomic mass is 32.2. The maximum atomic E-state index is 10.4. The van der Waals surface area contributed by atoms with E-state index in [9.17, 15) is 5.11 Å². The van der Waals surface area contributed by atoms with E-state index in [1.54, 1.807) is 11.8 Å². The minimum atomic E-state index is -0.356. The molecule has 2 N–H and O–H groups in total. The number of aliphatic imine (C=N–C) groups is 1. The van der Waals surface area contributed by atoms with Crippen molar-refractivity contribution in [1.82, 2.24) is 10.2 Å². The third kappa shape index (κ3) is 2.96. The molecule has 0 spiro atoms. The van der Waals surface area contributed by atoms with Crippen molar-refractivity contribution in [3.05, 3.63) is 0 Å². The van der Waals surface area contributed by atoms with Crippen LogP contribution in [-0.4, -0.2) is 64.5 Å². The first-order valence-corrected chi connectivity index (χ1v) is 9.24. The first-order valence-electron chi connectivity index (χ1n) is 8.36. The molecule has 0 radical (unpaired) electrons. The van der Waals surface area contributed by atoms with Gasteiger partial charge in [-0.15, -0.1) is 0 Å². The molecule has 0 amide bonds. The fraction of sp³-hybridized carbons (Fsp3) is 0.933. The van der Waals surface area contributed by atoms with E-state index in [2.05, 4.69) is 10.2 Å². The second-order valence-electron chi connectivity index (χ2n) is 6.68. The molecule has 6 heteroatoms. The molecule has 0 aromatic rings. The first-order chi connectivity index (χ1) is 10.3. The summed E-state index contributed by atoms with van der Waals surface area (Å²) in [6, 6.07) is 0.598. The normalized spacial score (nSPS) is 40.0. The van der Waals surface area contributed by atoms with Gasteiger partial charge in [0, 0.05) is 32.1 Å². The zero-order valence-electron chi connectivity index (χ0n) is 12.4. The van der Waals surface area contributed by atoms with E-state index in [0.717, 1.165) is 24.8 Å². The number of fused-ring (bicyclic) bond motifs is 1. The molecular formula is C15H25N3O2S. The molecule has 21 heavy (non-hydrogen) atoms. The van der Waals surface area contributed by atoms with Crippen molar-refractivity contribution in [2.24, 2.45) is 4.99 Å². The Bertz CT molecular complexity index is 410. The monoisotopic (exact) mass is 311 g/mol. The third-order valence-corrected chi connectivity index (χ3v) is 6.30. The van der Waals surface area contributed by atoms with Gasteiger partial charge in [0.15, 0.2) is 5.17 Å². The van der Waals surface area contributed by atoms with Crippen molar-refractivity contribution in [3.63, 3.8) is 0 Å². The van der Waals surface area contributed by atoms with Gasteiger partial charge >= 0.3 is 0 Å². The van der Waals surface area contributed by atoms with E-state index in [1.807, 2.05) is 0 Å². The summed E-state index contributed by atoms with van der Waals surface area (Å²) < 4.78 is 6.19. The van der Waals surface area contributed by atoms with Gasteiger partial charge in [0.05, 0.1) is 12.2 Å². The fourth-order valence-corrected chi connectivity index (χ4v) is 4.96. The molecule has 3 aliphatic heterocycles. The molecule has 0 aromatic heterocycles. The van der Waals surface area contributed by atoms with Crippen molar-refractivity contribution < 1.29 is 9.84 Å². The van der Waals surface area contributed by atoms with Gasteiger partial charge in [0.2, 0.25) is 0 Å². The van der Waals surface area contributed by atoms with Crippen LogP contribution in [0.15, 0.2) is 4.99 Å². The number of thioether (sulfide) groups is 1. The van der Waals surface area contributed by atoms with E-state index in [4.69, 9.17) is 9.73 Å². The standard InChI is InChI=1S/C15H25N3O2S/c19-12-8-11(9-16-10-4-1-2-5-10)20-14-13(12)17-15(21-14)18-6-3-7-18/h10-14,16,19H,1-9H2/t11-,12-,13+,14+/m0/s1. The van der Waals surface area contributed by atoms with Crippen LogP contribution in [0.4, 0.5) is 0 Å². The Labute approximate surface area is 130 Å². The van der Waals surface area contributed by atoms with Gasteiger partial charge in [-0.25, -0.2) is 0 Å². The van der Waals surface area contributed by atoms with Crippen LogP contribution in [0.5, 0.6) is 0 Å². The quantitative estimate of drug-likeness (QED) is 0.819. The SMILES string of the molecule is O[C@H]1C[C@@H](CNC2CCCC2)O[C@@H]2SC(N3CCC3)=N[C@@H]21. The number of rotatable bonds is 3. The van der Waals surface area contributed by atoms with Gasteiger partial charge in [-0.1, -0.05) is 24.6 Å². The Morgan fingerprint density at radius 2 is 2.10 bits per heavy atom. The molecule has 0 bridgehead atoms. The number of likely N-dealkylation sites (tertiary alicyclic amines) is 1. The van der Waals surface area contributed by atoms with E-state index >= 15 is 0 Å². The van der Waals surface area contributed by atoms with E-state index in [0.29, 0.717) is 12.5 Å². The Hall–Kier alpha value is -0.300. The predicted octanol–water partition coefficient (Wildman–Crippen LogP) is 1.17. The number of ether oxygens (including phenoxy) is 1. The number of aliphatic hydroxyl groups is 1. The first kappa shape index (κ1) is 14.3. The lowest BCUT2D eigenvalue weighted by molar-refractivity contribution is -0.0689. The van der Waals surface area contributed by atoms with Crippen LogP contribution >= 0.6 is 11.8 Å². The van der Waals surface area contributed by atoms with Gasteiger partial charge in [-0.3, -0.25) is 4.99 Å². The van der Waals surface area contributed by atoms with Gasteiger partial charge in [0.1, 0.15) is 11.5 Å². The van der Waals surface area contributed by atoms with Crippen LogP contribution in [0.25, 0.3) is 0 Å². The molecule has 3 heterocycles. The zero-order chi connectivity index (χ0) is 14.2. The lowest BCUT2D eigenvalue weighted by Crippen LogP contribution is -2.48. The Morgan fingerprint density at radius 1 is 1.29 bits per heavy atom. The number of amidine groups is 1. The van der Waals surface area contributed by atoms with Crippen LogP contribution in [0, 0.1) is 0 Å². The Morgan fingerprint density at radius 3 is 2.81 bits per heavy atom. The molecule has 4 atom stereocenters. The smallest absolute Gasteiger partial charge is 0.162 e. The Balaban J connectivity index is 1.31. The molecule has 3 fully saturated rings. The summed E-state index contributed by atoms with van der Waals surface area (Å²) in [7, 11) is 0. The second-order valence-corrected chi connectivity index (χ2v) is 7.75. The highest BCUT2D eigenvalue weighted by Crippen LogP contribution is 2.38. The van der Waals surface area contributed by atoms with E-state index in [1.165, 1.54) is 32.1 Å². The molecule has 118 valence electrons. The zero-order valence-corrected chi connectivity index (χ0v) is 13.2. The van der Waals surface area contributed by atoms with Gasteiger partial charge in [-0.2, -0.15) is 0 Å². The minimum Gasteiger partial charge on any atom is -0.391 e. The summed E-state index contributed by atoms with van der Waals surface area (Å²) in [4.78, 5) is 6.99. The topological polar surface area (TPSA) is 57.1 Å². The largest absolute Gasteiger partial charge is 0.391 e. The summed E-state index contributed by atoms with van der Waals surface area (Å²) in [5, 5.41) is 15.1. The molecule has 4 aliphatic rings. The maximum Gasteiger partial charge on any atom is 0.162 e. The summed E-state index contributed by atoms with van der Waals surface area (Å²) in [6.45, 7) is 3.08.